The summed E-state index contributed by atoms with van der Waals surface area (Å²) >= 11 is 0. The summed E-state index contributed by atoms with van der Waals surface area (Å²) in [6.07, 6.45) is 5.41. The van der Waals surface area contributed by atoms with Crippen molar-refractivity contribution in [3.05, 3.63) is 54.6 Å². The second-order valence-electron chi connectivity index (χ2n) is 9.65. The number of carbonyl (C=O) groups excluding carboxylic acids is 1. The Kier molecular flexibility index (Phi) is 6.14. The number of imidazole rings is 1. The van der Waals surface area contributed by atoms with Gasteiger partial charge in [0.1, 0.15) is 24.2 Å². The Labute approximate surface area is 210 Å². The molecule has 0 spiro atoms. The molecule has 0 unspecified atom stereocenters. The molecular weight excluding hydrogens is 454 g/mol. The van der Waals surface area contributed by atoms with Gasteiger partial charge in [-0.1, -0.05) is 30.3 Å². The highest BCUT2D eigenvalue weighted by Crippen LogP contribution is 2.32. The first-order valence-corrected chi connectivity index (χ1v) is 12.7. The minimum atomic E-state index is 0.163. The van der Waals surface area contributed by atoms with E-state index in [1.807, 2.05) is 4.90 Å². The molecular formula is C27H31N7O2. The number of hydrogen-bond acceptors (Lipinski definition) is 7. The smallest absolute Gasteiger partial charge is 0.219 e. The molecule has 0 bridgehead atoms. The van der Waals surface area contributed by atoms with Crippen LogP contribution in [-0.4, -0.2) is 81.0 Å². The lowest BCUT2D eigenvalue weighted by Crippen LogP contribution is -2.47. The molecule has 2 aromatic heterocycles. The van der Waals surface area contributed by atoms with Crippen LogP contribution in [0.5, 0.6) is 5.75 Å². The second-order valence-corrected chi connectivity index (χ2v) is 9.65. The van der Waals surface area contributed by atoms with E-state index in [-0.39, 0.29) is 11.9 Å². The molecule has 6 rings (SSSR count). The maximum Gasteiger partial charge on any atom is 0.219 e. The largest absolute Gasteiger partial charge is 0.491 e. The van der Waals surface area contributed by atoms with Crippen LogP contribution >= 0.6 is 0 Å². The molecule has 2 aliphatic rings. The number of hydrogen-bond donors (Lipinski definition) is 1. The number of nitrogens with one attached hydrogen (secondary N) is 1. The first kappa shape index (κ1) is 22.7. The predicted octanol–water partition coefficient (Wildman–Crippen LogP) is 3.22. The van der Waals surface area contributed by atoms with Crippen molar-refractivity contribution in [3.63, 3.8) is 0 Å². The number of amides is 1. The van der Waals surface area contributed by atoms with Gasteiger partial charge in [-0.05, 0) is 29.9 Å². The van der Waals surface area contributed by atoms with Gasteiger partial charge in [-0.25, -0.2) is 15.0 Å². The van der Waals surface area contributed by atoms with Gasteiger partial charge in [0.05, 0.1) is 12.4 Å². The van der Waals surface area contributed by atoms with Gasteiger partial charge in [-0.15, -0.1) is 0 Å². The van der Waals surface area contributed by atoms with E-state index < -0.39 is 0 Å². The molecule has 1 N–H and O–H groups in total. The molecule has 36 heavy (non-hydrogen) atoms. The minimum Gasteiger partial charge on any atom is -0.491 e. The Morgan fingerprint density at radius 3 is 2.69 bits per heavy atom. The van der Waals surface area contributed by atoms with Crippen LogP contribution in [0.15, 0.2) is 49.1 Å². The lowest BCUT2D eigenvalue weighted by Gasteiger charge is -2.34. The van der Waals surface area contributed by atoms with Gasteiger partial charge in [0, 0.05) is 51.6 Å². The Balaban J connectivity index is 1.18. The molecule has 1 atom stereocenters. The number of piperazine rings is 1. The van der Waals surface area contributed by atoms with Crippen LogP contribution in [0.25, 0.3) is 21.9 Å². The van der Waals surface area contributed by atoms with Gasteiger partial charge in [0.2, 0.25) is 5.91 Å². The number of aromatic nitrogens is 4. The van der Waals surface area contributed by atoms with Crippen LogP contribution in [0.3, 0.4) is 0 Å². The number of aromatic amines is 1. The van der Waals surface area contributed by atoms with Crippen LogP contribution in [-0.2, 0) is 11.3 Å². The molecule has 0 radical (unpaired) electrons. The molecule has 4 heterocycles. The standard InChI is InChI=1S/C27H31N7O2/c1-19(35)33-13-11-32(12-14-33)15-20-8-9-24(23-7-3-2-6-22(20)23)36-16-21-5-4-10-34(21)27-25-26(29-17-28-25)30-18-31-27/h2-3,6-9,17-18,21H,4-5,10-16H2,1H3,(H,28,29,30,31)/t21-/m1/s1. The number of ether oxygens (including phenoxy) is 1. The van der Waals surface area contributed by atoms with Gasteiger partial charge in [0.25, 0.3) is 0 Å². The summed E-state index contributed by atoms with van der Waals surface area (Å²) in [7, 11) is 0. The number of rotatable bonds is 6. The number of benzene rings is 2. The van der Waals surface area contributed by atoms with Gasteiger partial charge >= 0.3 is 0 Å². The number of H-pyrrole nitrogens is 1. The minimum absolute atomic E-state index is 0.163. The fraction of sp³-hybridized carbons (Fsp3) is 0.407. The second kappa shape index (κ2) is 9.73. The number of carbonyl (C=O) groups is 1. The molecule has 2 aliphatic heterocycles. The highest BCUT2D eigenvalue weighted by molar-refractivity contribution is 5.91. The monoisotopic (exact) mass is 485 g/mol. The SMILES string of the molecule is CC(=O)N1CCN(Cc2ccc(OC[C@H]3CCCN3c3ncnc4nc[nH]c34)c3ccccc23)CC1. The summed E-state index contributed by atoms with van der Waals surface area (Å²) in [6.45, 7) is 7.44. The number of nitrogens with zero attached hydrogens (tertiary/aromatic N) is 6. The number of anilines is 1. The molecule has 9 nitrogen and oxygen atoms in total. The molecule has 1 amide bonds. The van der Waals surface area contributed by atoms with Crippen molar-refractivity contribution in [2.24, 2.45) is 0 Å². The first-order chi connectivity index (χ1) is 17.7. The van der Waals surface area contributed by atoms with Crippen molar-refractivity contribution in [1.29, 1.82) is 0 Å². The van der Waals surface area contributed by atoms with Crippen molar-refractivity contribution < 1.29 is 9.53 Å². The van der Waals surface area contributed by atoms with Crippen LogP contribution in [0.1, 0.15) is 25.3 Å². The van der Waals surface area contributed by atoms with E-state index in [1.54, 1.807) is 19.6 Å². The third-order valence-electron chi connectivity index (χ3n) is 7.47. The molecule has 2 aromatic carbocycles. The van der Waals surface area contributed by atoms with E-state index >= 15 is 0 Å². The van der Waals surface area contributed by atoms with Crippen LogP contribution in [0, 0.1) is 0 Å². The molecule has 0 aliphatic carbocycles. The first-order valence-electron chi connectivity index (χ1n) is 12.7. The zero-order valence-electron chi connectivity index (χ0n) is 20.6. The van der Waals surface area contributed by atoms with Crippen LogP contribution in [0.2, 0.25) is 0 Å². The summed E-state index contributed by atoms with van der Waals surface area (Å²) in [5, 5.41) is 2.36. The molecule has 9 heteroatoms. The van der Waals surface area contributed by atoms with Gasteiger partial charge in [0.15, 0.2) is 11.5 Å². The molecule has 186 valence electrons. The fourth-order valence-electron chi connectivity index (χ4n) is 5.50. The topological polar surface area (TPSA) is 90.5 Å². The van der Waals surface area contributed by atoms with Crippen molar-refractivity contribution >= 4 is 33.7 Å². The zero-order valence-corrected chi connectivity index (χ0v) is 20.6. The lowest BCUT2D eigenvalue weighted by atomic mass is 10.0. The van der Waals surface area contributed by atoms with E-state index in [9.17, 15) is 4.79 Å². The average molecular weight is 486 g/mol. The van der Waals surface area contributed by atoms with E-state index in [2.05, 4.69) is 66.1 Å². The van der Waals surface area contributed by atoms with E-state index in [0.29, 0.717) is 12.3 Å². The van der Waals surface area contributed by atoms with E-state index in [0.717, 1.165) is 74.6 Å². The fourth-order valence-corrected chi connectivity index (χ4v) is 5.50. The van der Waals surface area contributed by atoms with Gasteiger partial charge in [-0.3, -0.25) is 9.69 Å². The third kappa shape index (κ3) is 4.35. The van der Waals surface area contributed by atoms with Gasteiger partial charge in [-0.2, -0.15) is 0 Å². The third-order valence-corrected chi connectivity index (χ3v) is 7.47. The zero-order chi connectivity index (χ0) is 24.5. The Hall–Kier alpha value is -3.72. The molecule has 2 fully saturated rings. The van der Waals surface area contributed by atoms with Crippen molar-refractivity contribution in [2.75, 3.05) is 44.2 Å². The summed E-state index contributed by atoms with van der Waals surface area (Å²) in [4.78, 5) is 34.6. The van der Waals surface area contributed by atoms with Crippen molar-refractivity contribution in [1.82, 2.24) is 29.7 Å². The summed E-state index contributed by atoms with van der Waals surface area (Å²) in [6, 6.07) is 13.0. The van der Waals surface area contributed by atoms with E-state index in [1.165, 1.54) is 10.9 Å². The van der Waals surface area contributed by atoms with E-state index in [4.69, 9.17) is 4.74 Å². The maximum absolute atomic E-state index is 11.7. The summed E-state index contributed by atoms with van der Waals surface area (Å²) < 4.78 is 6.47. The Bertz CT molecular complexity index is 1380. The number of fused-ring (bicyclic) bond motifs is 2. The quantitative estimate of drug-likeness (QED) is 0.448. The van der Waals surface area contributed by atoms with Crippen LogP contribution < -0.4 is 9.64 Å². The van der Waals surface area contributed by atoms with Crippen LogP contribution in [0.4, 0.5) is 5.82 Å². The Morgan fingerprint density at radius 2 is 1.86 bits per heavy atom. The average Bonchev–Trinajstić information content (AvgIpc) is 3.58. The normalized spacial score (nSPS) is 18.9. The Morgan fingerprint density at radius 1 is 1.03 bits per heavy atom. The molecule has 4 aromatic rings. The highest BCUT2D eigenvalue weighted by atomic mass is 16.5. The highest BCUT2D eigenvalue weighted by Gasteiger charge is 2.28. The maximum atomic E-state index is 11.7. The predicted molar refractivity (Wildman–Crippen MR) is 139 cm³/mol. The lowest BCUT2D eigenvalue weighted by molar-refractivity contribution is -0.130. The summed E-state index contributed by atoms with van der Waals surface area (Å²) in [5.74, 6) is 1.97. The molecule has 0 saturated carbocycles. The molecule has 2 saturated heterocycles. The van der Waals surface area contributed by atoms with Crippen molar-refractivity contribution in [3.8, 4) is 5.75 Å². The van der Waals surface area contributed by atoms with Gasteiger partial charge < -0.3 is 19.5 Å². The summed E-state index contributed by atoms with van der Waals surface area (Å²) in [5.41, 5.74) is 2.86. The van der Waals surface area contributed by atoms with Crippen molar-refractivity contribution in [2.45, 2.75) is 32.4 Å².